The van der Waals surface area contributed by atoms with Crippen molar-refractivity contribution in [3.63, 3.8) is 0 Å². The Morgan fingerprint density at radius 2 is 2.00 bits per heavy atom. The van der Waals surface area contributed by atoms with Gasteiger partial charge >= 0.3 is 5.97 Å². The Kier molecular flexibility index (Phi) is 3.31. The van der Waals surface area contributed by atoms with Crippen molar-refractivity contribution in [2.45, 2.75) is 60.8 Å². The molecule has 2 heteroatoms. The summed E-state index contributed by atoms with van der Waals surface area (Å²) in [6.07, 6.45) is 6.02. The van der Waals surface area contributed by atoms with Gasteiger partial charge in [0.15, 0.2) is 0 Å². The van der Waals surface area contributed by atoms with Gasteiger partial charge in [-0.05, 0) is 75.2 Å². The number of hydrogen-bond donors (Lipinski definition) is 0. The summed E-state index contributed by atoms with van der Waals surface area (Å²) >= 11 is 0. The third-order valence-electron chi connectivity index (χ3n) is 6.40. The van der Waals surface area contributed by atoms with E-state index in [1.165, 1.54) is 12.8 Å². The van der Waals surface area contributed by atoms with Gasteiger partial charge in [-0.2, -0.15) is 0 Å². The van der Waals surface area contributed by atoms with Gasteiger partial charge in [-0.3, -0.25) is 4.79 Å². The first kappa shape index (κ1) is 15.1. The molecule has 0 amide bonds. The number of allylic oxidation sites excluding steroid dienone is 2. The van der Waals surface area contributed by atoms with Crippen molar-refractivity contribution in [2.75, 3.05) is 0 Å². The monoisotopic (exact) mass is 290 g/mol. The molecule has 5 atom stereocenters. The number of rotatable bonds is 2. The number of carbonyl (C=O) groups is 1. The molecule has 118 valence electrons. The molecule has 0 aliphatic heterocycles. The highest BCUT2D eigenvalue weighted by Gasteiger charge is 2.74. The van der Waals surface area contributed by atoms with Crippen molar-refractivity contribution < 1.29 is 9.53 Å². The highest BCUT2D eigenvalue weighted by molar-refractivity contribution is 5.76. The van der Waals surface area contributed by atoms with Crippen LogP contribution in [0.15, 0.2) is 11.8 Å². The predicted octanol–water partition coefficient (Wildman–Crippen LogP) is 4.80. The lowest BCUT2D eigenvalue weighted by molar-refractivity contribution is -0.149. The van der Waals surface area contributed by atoms with E-state index in [1.54, 1.807) is 0 Å². The standard InChI is InChI=1S/C19H30O2/c1-11(2)13-8-7-12(3)19-10-9-14(16(19)15(13)19)21-17(20)18(4,5)6/h9,11-13,15-16H,7-8,10H2,1-6H3/t12-,13+,15-,16-,19-/m1/s1. The maximum absolute atomic E-state index is 12.2. The van der Waals surface area contributed by atoms with Gasteiger partial charge in [0.2, 0.25) is 0 Å². The smallest absolute Gasteiger partial charge is 0.316 e. The molecule has 0 aromatic rings. The van der Waals surface area contributed by atoms with Gasteiger partial charge in [0, 0.05) is 5.92 Å². The molecule has 0 N–H and O–H groups in total. The summed E-state index contributed by atoms with van der Waals surface area (Å²) in [5.74, 6) is 4.52. The van der Waals surface area contributed by atoms with Crippen LogP contribution in [0.4, 0.5) is 0 Å². The zero-order chi connectivity index (χ0) is 15.6. The van der Waals surface area contributed by atoms with E-state index in [-0.39, 0.29) is 5.97 Å². The van der Waals surface area contributed by atoms with E-state index in [0.29, 0.717) is 11.3 Å². The van der Waals surface area contributed by atoms with E-state index in [2.05, 4.69) is 26.8 Å². The molecule has 0 bridgehead atoms. The predicted molar refractivity (Wildman–Crippen MR) is 84.4 cm³/mol. The summed E-state index contributed by atoms with van der Waals surface area (Å²) in [5.41, 5.74) is 0.0143. The first-order chi connectivity index (χ1) is 9.69. The van der Waals surface area contributed by atoms with E-state index >= 15 is 0 Å². The molecule has 0 aromatic carbocycles. The topological polar surface area (TPSA) is 26.3 Å². The minimum atomic E-state index is -0.417. The minimum Gasteiger partial charge on any atom is -0.431 e. The minimum absolute atomic E-state index is 0.0804. The summed E-state index contributed by atoms with van der Waals surface area (Å²) < 4.78 is 5.81. The second-order valence-corrected chi connectivity index (χ2v) is 8.95. The Bertz CT molecular complexity index is 482. The summed E-state index contributed by atoms with van der Waals surface area (Å²) in [4.78, 5) is 12.2. The quantitative estimate of drug-likeness (QED) is 0.683. The summed E-state index contributed by atoms with van der Waals surface area (Å²) in [5, 5.41) is 0. The van der Waals surface area contributed by atoms with Crippen LogP contribution < -0.4 is 0 Å². The molecule has 2 saturated carbocycles. The van der Waals surface area contributed by atoms with Crippen molar-refractivity contribution in [1.29, 1.82) is 0 Å². The van der Waals surface area contributed by atoms with Crippen LogP contribution >= 0.6 is 0 Å². The number of carbonyl (C=O) groups excluding carboxylic acids is 1. The molecule has 2 fully saturated rings. The molecule has 0 radical (unpaired) electrons. The van der Waals surface area contributed by atoms with Gasteiger partial charge in [-0.25, -0.2) is 0 Å². The van der Waals surface area contributed by atoms with Crippen molar-refractivity contribution in [2.24, 2.45) is 40.4 Å². The Hall–Kier alpha value is -0.790. The molecule has 2 nitrogen and oxygen atoms in total. The maximum atomic E-state index is 12.2. The van der Waals surface area contributed by atoms with E-state index < -0.39 is 5.41 Å². The van der Waals surface area contributed by atoms with Crippen molar-refractivity contribution in [3.05, 3.63) is 11.8 Å². The lowest BCUT2D eigenvalue weighted by atomic mass is 9.70. The molecule has 0 heterocycles. The van der Waals surface area contributed by atoms with Gasteiger partial charge in [0.05, 0.1) is 5.41 Å². The molecule has 0 unspecified atom stereocenters. The summed E-state index contributed by atoms with van der Waals surface area (Å²) in [6, 6.07) is 0. The second-order valence-electron chi connectivity index (χ2n) is 8.95. The van der Waals surface area contributed by atoms with E-state index in [9.17, 15) is 4.79 Å². The fourth-order valence-corrected chi connectivity index (χ4v) is 5.08. The third kappa shape index (κ3) is 2.09. The van der Waals surface area contributed by atoms with Crippen LogP contribution in [-0.2, 0) is 9.53 Å². The zero-order valence-electron chi connectivity index (χ0n) is 14.4. The molecule has 21 heavy (non-hydrogen) atoms. The molecular weight excluding hydrogens is 260 g/mol. The molecule has 3 aliphatic carbocycles. The zero-order valence-corrected chi connectivity index (χ0v) is 14.4. The van der Waals surface area contributed by atoms with Crippen LogP contribution in [-0.4, -0.2) is 5.97 Å². The fraction of sp³-hybridized carbons (Fsp3) is 0.842. The van der Waals surface area contributed by atoms with Gasteiger partial charge in [0.25, 0.3) is 0 Å². The molecule has 0 saturated heterocycles. The Labute approximate surface area is 129 Å². The SMILES string of the molecule is CC(C)[C@@H]1CC[C@@H](C)[C@@]23CC=C(OC(=O)C(C)(C)C)[C@@H]2[C@@H]13. The van der Waals surface area contributed by atoms with E-state index in [0.717, 1.165) is 35.9 Å². The van der Waals surface area contributed by atoms with Gasteiger partial charge in [0.1, 0.15) is 5.76 Å². The third-order valence-corrected chi connectivity index (χ3v) is 6.40. The van der Waals surface area contributed by atoms with Crippen LogP contribution in [0, 0.1) is 40.4 Å². The highest BCUT2D eigenvalue weighted by Crippen LogP contribution is 2.78. The first-order valence-electron chi connectivity index (χ1n) is 8.62. The number of esters is 1. The first-order valence-corrected chi connectivity index (χ1v) is 8.62. The Morgan fingerprint density at radius 1 is 1.33 bits per heavy atom. The molecular formula is C19H30O2. The number of hydrogen-bond acceptors (Lipinski definition) is 2. The summed E-state index contributed by atoms with van der Waals surface area (Å²) in [6.45, 7) is 12.9. The average Bonchev–Trinajstić information content (AvgIpc) is 2.91. The number of ether oxygens (including phenoxy) is 1. The van der Waals surface area contributed by atoms with Gasteiger partial charge < -0.3 is 4.74 Å². The molecule has 3 rings (SSSR count). The van der Waals surface area contributed by atoms with Crippen LogP contribution in [0.5, 0.6) is 0 Å². The van der Waals surface area contributed by atoms with Gasteiger partial charge in [-0.1, -0.05) is 20.8 Å². The van der Waals surface area contributed by atoms with Crippen LogP contribution in [0.2, 0.25) is 0 Å². The Balaban J connectivity index is 1.79. The lowest BCUT2D eigenvalue weighted by Crippen LogP contribution is -2.27. The highest BCUT2D eigenvalue weighted by atomic mass is 16.5. The van der Waals surface area contributed by atoms with Crippen LogP contribution in [0.1, 0.15) is 60.8 Å². The molecule has 3 aliphatic rings. The van der Waals surface area contributed by atoms with E-state index in [4.69, 9.17) is 4.74 Å². The van der Waals surface area contributed by atoms with Crippen LogP contribution in [0.3, 0.4) is 0 Å². The summed E-state index contributed by atoms with van der Waals surface area (Å²) in [7, 11) is 0. The average molecular weight is 290 g/mol. The van der Waals surface area contributed by atoms with Gasteiger partial charge in [-0.15, -0.1) is 0 Å². The lowest BCUT2D eigenvalue weighted by Gasteiger charge is -2.35. The molecule has 0 aromatic heterocycles. The Morgan fingerprint density at radius 3 is 2.57 bits per heavy atom. The largest absolute Gasteiger partial charge is 0.431 e. The van der Waals surface area contributed by atoms with Crippen molar-refractivity contribution in [1.82, 2.24) is 0 Å². The second kappa shape index (κ2) is 4.60. The maximum Gasteiger partial charge on any atom is 0.316 e. The number of fused-ring (bicyclic) bond motifs is 1. The fourth-order valence-electron chi connectivity index (χ4n) is 5.08. The molecule has 1 spiro atoms. The van der Waals surface area contributed by atoms with Crippen molar-refractivity contribution in [3.8, 4) is 0 Å². The van der Waals surface area contributed by atoms with E-state index in [1.807, 2.05) is 20.8 Å². The normalized spacial score (nSPS) is 41.4. The van der Waals surface area contributed by atoms with Crippen molar-refractivity contribution >= 4 is 5.97 Å². The van der Waals surface area contributed by atoms with Crippen LogP contribution in [0.25, 0.3) is 0 Å².